The van der Waals surface area contributed by atoms with Gasteiger partial charge in [0.2, 0.25) is 0 Å². The van der Waals surface area contributed by atoms with Gasteiger partial charge in [0.1, 0.15) is 0 Å². The van der Waals surface area contributed by atoms with Gasteiger partial charge in [0.25, 0.3) is 0 Å². The molecule has 43 heavy (non-hydrogen) atoms. The fourth-order valence-electron chi connectivity index (χ4n) is 7.91. The van der Waals surface area contributed by atoms with Crippen LogP contribution in [-0.4, -0.2) is 13.7 Å². The van der Waals surface area contributed by atoms with Crippen LogP contribution < -0.4 is 0 Å². The highest BCUT2D eigenvalue weighted by atomic mass is 15.1. The third kappa shape index (κ3) is 3.36. The Kier molecular flexibility index (Phi) is 5.14. The summed E-state index contributed by atoms with van der Waals surface area (Å²) in [6.45, 7) is 5.70. The number of fused-ring (bicyclic) bond motifs is 9. The molecule has 8 aromatic rings. The van der Waals surface area contributed by atoms with Crippen molar-refractivity contribution < 1.29 is 0 Å². The van der Waals surface area contributed by atoms with Crippen LogP contribution in [0.2, 0.25) is 0 Å². The minimum absolute atomic E-state index is 0.204. The molecule has 0 saturated heterocycles. The molecule has 0 fully saturated rings. The minimum Gasteiger partial charge on any atom is -0.341 e. The van der Waals surface area contributed by atoms with E-state index in [1.807, 2.05) is 0 Å². The lowest BCUT2D eigenvalue weighted by atomic mass is 9.85. The molecule has 9 rings (SSSR count). The lowest BCUT2D eigenvalue weighted by molar-refractivity contribution is 0.430. The van der Waals surface area contributed by atoms with E-state index in [4.69, 9.17) is 0 Å². The van der Waals surface area contributed by atoms with Crippen molar-refractivity contribution in [3.05, 3.63) is 133 Å². The molecule has 5 aromatic carbocycles. The van der Waals surface area contributed by atoms with Crippen LogP contribution in [0.3, 0.4) is 0 Å². The van der Waals surface area contributed by atoms with Crippen molar-refractivity contribution >= 4 is 60.6 Å². The van der Waals surface area contributed by atoms with E-state index < -0.39 is 0 Å². The van der Waals surface area contributed by atoms with Gasteiger partial charge in [-0.15, -0.1) is 0 Å². The molecule has 3 aromatic heterocycles. The minimum atomic E-state index is -0.204. The molecule has 3 heterocycles. The third-order valence-electron chi connectivity index (χ3n) is 9.71. The van der Waals surface area contributed by atoms with E-state index >= 15 is 0 Å². The molecule has 3 nitrogen and oxygen atoms in total. The monoisotopic (exact) mass is 555 g/mol. The summed E-state index contributed by atoms with van der Waals surface area (Å²) in [6.07, 6.45) is 6.89. The summed E-state index contributed by atoms with van der Waals surface area (Å²) < 4.78 is 7.57. The Morgan fingerprint density at radius 2 is 1.14 bits per heavy atom. The van der Waals surface area contributed by atoms with Crippen molar-refractivity contribution in [2.75, 3.05) is 0 Å². The molecule has 1 atom stereocenters. The summed E-state index contributed by atoms with van der Waals surface area (Å²) in [5.41, 5.74) is 10.2. The second kappa shape index (κ2) is 8.99. The van der Waals surface area contributed by atoms with Crippen LogP contribution in [0.25, 0.3) is 66.3 Å². The quantitative estimate of drug-likeness (QED) is 0.205. The number of nitrogens with zero attached hydrogens (tertiary/aromatic N) is 3. The topological polar surface area (TPSA) is 14.8 Å². The van der Waals surface area contributed by atoms with Crippen molar-refractivity contribution in [1.82, 2.24) is 13.7 Å². The van der Waals surface area contributed by atoms with Gasteiger partial charge in [-0.05, 0) is 67.4 Å². The van der Waals surface area contributed by atoms with E-state index in [0.29, 0.717) is 0 Å². The predicted molar refractivity (Wildman–Crippen MR) is 182 cm³/mol. The van der Waals surface area contributed by atoms with E-state index in [0.717, 1.165) is 19.4 Å². The standard InChI is InChI=1S/C40H33N3/c1-3-24-41-34-21-20-27(42-36-16-8-4-12-28(36)29-13-5-9-17-37(29)42)25-32(34)33-26-40(2,23-22-35(33)41)43-38-18-10-6-14-30(38)31-15-7-11-19-39(31)43/h4-23,25H,3,24,26H2,1-2H3. The largest absolute Gasteiger partial charge is 0.341 e. The normalized spacial score (nSPS) is 16.7. The average Bonchev–Trinajstić information content (AvgIpc) is 3.67. The lowest BCUT2D eigenvalue weighted by Gasteiger charge is -2.33. The Hall–Kier alpha value is -5.02. The molecule has 1 aliphatic rings. The zero-order valence-electron chi connectivity index (χ0n) is 24.6. The SMILES string of the molecule is CCCn1c2c(c3cc(-n4c5ccccc5c5ccccc54)ccc31)CC(C)(n1c3ccccc3c3ccccc31)C=C2. The number of aromatic nitrogens is 3. The molecular weight excluding hydrogens is 522 g/mol. The number of benzene rings is 5. The van der Waals surface area contributed by atoms with E-state index in [9.17, 15) is 0 Å². The van der Waals surface area contributed by atoms with Gasteiger partial charge in [-0.3, -0.25) is 0 Å². The molecule has 0 saturated carbocycles. The van der Waals surface area contributed by atoms with Crippen molar-refractivity contribution in [1.29, 1.82) is 0 Å². The number of hydrogen-bond donors (Lipinski definition) is 0. The Bertz CT molecular complexity index is 2300. The highest BCUT2D eigenvalue weighted by molar-refractivity contribution is 6.10. The maximum Gasteiger partial charge on any atom is 0.0650 e. The Morgan fingerprint density at radius 3 is 1.72 bits per heavy atom. The van der Waals surface area contributed by atoms with Gasteiger partial charge in [0.05, 0.1) is 16.6 Å². The van der Waals surface area contributed by atoms with Crippen LogP contribution in [0.1, 0.15) is 31.5 Å². The Morgan fingerprint density at radius 1 is 0.605 bits per heavy atom. The van der Waals surface area contributed by atoms with Crippen molar-refractivity contribution in [2.24, 2.45) is 0 Å². The summed E-state index contributed by atoms with van der Waals surface area (Å²) in [7, 11) is 0. The number of aryl methyl sites for hydroxylation is 1. The van der Waals surface area contributed by atoms with Crippen LogP contribution in [0, 0.1) is 0 Å². The van der Waals surface area contributed by atoms with E-state index in [2.05, 4.69) is 155 Å². The number of hydrogen-bond acceptors (Lipinski definition) is 0. The smallest absolute Gasteiger partial charge is 0.0650 e. The van der Waals surface area contributed by atoms with E-state index in [-0.39, 0.29) is 5.54 Å². The summed E-state index contributed by atoms with van der Waals surface area (Å²) in [4.78, 5) is 0. The molecule has 1 unspecified atom stereocenters. The number of para-hydroxylation sites is 4. The van der Waals surface area contributed by atoms with Gasteiger partial charge in [0, 0.05) is 67.8 Å². The van der Waals surface area contributed by atoms with Crippen LogP contribution in [0.5, 0.6) is 0 Å². The van der Waals surface area contributed by atoms with Crippen molar-refractivity contribution in [3.8, 4) is 5.69 Å². The van der Waals surface area contributed by atoms with Gasteiger partial charge in [-0.25, -0.2) is 0 Å². The van der Waals surface area contributed by atoms with Gasteiger partial charge in [-0.2, -0.15) is 0 Å². The highest BCUT2D eigenvalue weighted by Gasteiger charge is 2.33. The fourth-order valence-corrected chi connectivity index (χ4v) is 7.91. The zero-order chi connectivity index (χ0) is 28.7. The molecule has 0 radical (unpaired) electrons. The van der Waals surface area contributed by atoms with Gasteiger partial charge >= 0.3 is 0 Å². The van der Waals surface area contributed by atoms with Crippen LogP contribution >= 0.6 is 0 Å². The Balaban J connectivity index is 1.29. The van der Waals surface area contributed by atoms with Gasteiger partial charge < -0.3 is 13.7 Å². The molecule has 0 N–H and O–H groups in total. The average molecular weight is 556 g/mol. The van der Waals surface area contributed by atoms with Crippen LogP contribution in [0.4, 0.5) is 0 Å². The first-order valence-corrected chi connectivity index (χ1v) is 15.5. The number of rotatable bonds is 4. The fraction of sp³-hybridized carbons (Fsp3) is 0.150. The maximum absolute atomic E-state index is 2.58. The molecule has 1 aliphatic carbocycles. The predicted octanol–water partition coefficient (Wildman–Crippen LogP) is 10.2. The molecule has 0 spiro atoms. The second-order valence-corrected chi connectivity index (χ2v) is 12.3. The van der Waals surface area contributed by atoms with E-state index in [1.165, 1.54) is 71.5 Å². The summed E-state index contributed by atoms with van der Waals surface area (Å²) in [5, 5.41) is 6.59. The van der Waals surface area contributed by atoms with Gasteiger partial charge in [0.15, 0.2) is 0 Å². The van der Waals surface area contributed by atoms with E-state index in [1.54, 1.807) is 0 Å². The molecule has 0 amide bonds. The van der Waals surface area contributed by atoms with Crippen LogP contribution in [-0.2, 0) is 18.5 Å². The second-order valence-electron chi connectivity index (χ2n) is 12.3. The van der Waals surface area contributed by atoms with Crippen molar-refractivity contribution in [3.63, 3.8) is 0 Å². The Labute approximate surface area is 250 Å². The van der Waals surface area contributed by atoms with Crippen LogP contribution in [0.15, 0.2) is 121 Å². The molecule has 3 heteroatoms. The first-order chi connectivity index (χ1) is 21.2. The molecule has 208 valence electrons. The first kappa shape index (κ1) is 24.6. The first-order valence-electron chi connectivity index (χ1n) is 15.5. The highest BCUT2D eigenvalue weighted by Crippen LogP contribution is 2.43. The van der Waals surface area contributed by atoms with Crippen molar-refractivity contribution in [2.45, 2.75) is 38.8 Å². The molecule has 0 aliphatic heterocycles. The summed E-state index contributed by atoms with van der Waals surface area (Å²) in [6, 6.07) is 42.4. The van der Waals surface area contributed by atoms with Gasteiger partial charge in [-0.1, -0.05) is 85.8 Å². The molecular formula is C40H33N3. The summed E-state index contributed by atoms with van der Waals surface area (Å²) in [5.74, 6) is 0. The molecule has 0 bridgehead atoms. The summed E-state index contributed by atoms with van der Waals surface area (Å²) >= 11 is 0. The maximum atomic E-state index is 2.58. The zero-order valence-corrected chi connectivity index (χ0v) is 24.6. The number of allylic oxidation sites excluding steroid dienone is 1. The lowest BCUT2D eigenvalue weighted by Crippen LogP contribution is -2.32. The third-order valence-corrected chi connectivity index (χ3v) is 9.71.